The molecule has 0 bridgehead atoms. The van der Waals surface area contributed by atoms with Crippen molar-refractivity contribution in [3.05, 3.63) is 0 Å². The summed E-state index contributed by atoms with van der Waals surface area (Å²) in [6.45, 7) is 5.79. The first-order chi connectivity index (χ1) is 7.22. The second-order valence-corrected chi connectivity index (χ2v) is 4.64. The Labute approximate surface area is 104 Å². The lowest BCUT2D eigenvalue weighted by Gasteiger charge is -2.36. The van der Waals surface area contributed by atoms with Gasteiger partial charge in [0.15, 0.2) is 0 Å². The average Bonchev–Trinajstić information content (AvgIpc) is 2.73. The van der Waals surface area contributed by atoms with E-state index in [0.29, 0.717) is 12.0 Å². The molecule has 2 aliphatic rings. The van der Waals surface area contributed by atoms with E-state index in [-0.39, 0.29) is 18.4 Å². The summed E-state index contributed by atoms with van der Waals surface area (Å²) in [6, 6.07) is 0.865. The third-order valence-electron chi connectivity index (χ3n) is 3.73. The van der Waals surface area contributed by atoms with E-state index in [1.807, 2.05) is 18.9 Å². The van der Waals surface area contributed by atoms with Crippen LogP contribution in [0.5, 0.6) is 0 Å². The van der Waals surface area contributed by atoms with Crippen molar-refractivity contribution in [1.82, 2.24) is 15.1 Å². The SMILES string of the molecule is CCN(C)C(=O)N1CCC2NCCC2C1.Cl. The van der Waals surface area contributed by atoms with E-state index in [0.717, 1.165) is 32.6 Å². The van der Waals surface area contributed by atoms with E-state index in [9.17, 15) is 4.79 Å². The van der Waals surface area contributed by atoms with E-state index < -0.39 is 0 Å². The number of nitrogens with zero attached hydrogens (tertiary/aromatic N) is 2. The molecule has 16 heavy (non-hydrogen) atoms. The van der Waals surface area contributed by atoms with Gasteiger partial charge in [-0.3, -0.25) is 0 Å². The van der Waals surface area contributed by atoms with Crippen LogP contribution >= 0.6 is 12.4 Å². The van der Waals surface area contributed by atoms with E-state index >= 15 is 0 Å². The van der Waals surface area contributed by atoms with Crippen LogP contribution in [0.3, 0.4) is 0 Å². The van der Waals surface area contributed by atoms with Crippen LogP contribution in [-0.2, 0) is 0 Å². The number of nitrogens with one attached hydrogen (secondary N) is 1. The zero-order valence-corrected chi connectivity index (χ0v) is 10.9. The number of carbonyl (C=O) groups is 1. The molecule has 2 rings (SSSR count). The standard InChI is InChI=1S/C11H21N3O.ClH/c1-3-13(2)11(15)14-7-5-10-9(8-14)4-6-12-10;/h9-10,12H,3-8H2,1-2H3;1H. The van der Waals surface area contributed by atoms with Gasteiger partial charge in [0.1, 0.15) is 0 Å². The van der Waals surface area contributed by atoms with E-state index in [1.54, 1.807) is 4.90 Å². The minimum absolute atomic E-state index is 0. The summed E-state index contributed by atoms with van der Waals surface area (Å²) in [5, 5.41) is 3.51. The summed E-state index contributed by atoms with van der Waals surface area (Å²) in [7, 11) is 1.88. The summed E-state index contributed by atoms with van der Waals surface area (Å²) >= 11 is 0. The fourth-order valence-electron chi connectivity index (χ4n) is 2.60. The molecule has 0 spiro atoms. The van der Waals surface area contributed by atoms with Crippen LogP contribution in [0.1, 0.15) is 19.8 Å². The highest BCUT2D eigenvalue weighted by Gasteiger charge is 2.34. The molecule has 2 unspecified atom stereocenters. The number of urea groups is 1. The molecule has 94 valence electrons. The Bertz CT molecular complexity index is 249. The highest BCUT2D eigenvalue weighted by atomic mass is 35.5. The number of halogens is 1. The average molecular weight is 248 g/mol. The zero-order chi connectivity index (χ0) is 10.8. The van der Waals surface area contributed by atoms with Crippen molar-refractivity contribution in [3.8, 4) is 0 Å². The maximum absolute atomic E-state index is 11.9. The fourth-order valence-corrected chi connectivity index (χ4v) is 2.60. The Balaban J connectivity index is 0.00000128. The number of hydrogen-bond acceptors (Lipinski definition) is 2. The molecule has 2 amide bonds. The normalized spacial score (nSPS) is 28.2. The molecule has 2 saturated heterocycles. The van der Waals surface area contributed by atoms with Crippen molar-refractivity contribution in [1.29, 1.82) is 0 Å². The van der Waals surface area contributed by atoms with Crippen LogP contribution in [0, 0.1) is 5.92 Å². The number of fused-ring (bicyclic) bond motifs is 1. The van der Waals surface area contributed by atoms with Crippen LogP contribution in [0.2, 0.25) is 0 Å². The molecule has 2 heterocycles. The molecular formula is C11H22ClN3O. The van der Waals surface area contributed by atoms with Crippen LogP contribution < -0.4 is 5.32 Å². The Kier molecular flexibility index (Phi) is 4.87. The second-order valence-electron chi connectivity index (χ2n) is 4.64. The van der Waals surface area contributed by atoms with Gasteiger partial charge in [-0.25, -0.2) is 4.79 Å². The van der Waals surface area contributed by atoms with Crippen molar-refractivity contribution in [2.24, 2.45) is 5.92 Å². The molecule has 0 aliphatic carbocycles. The molecule has 1 N–H and O–H groups in total. The van der Waals surface area contributed by atoms with Gasteiger partial charge in [-0.2, -0.15) is 0 Å². The van der Waals surface area contributed by atoms with Crippen LogP contribution in [-0.4, -0.2) is 55.1 Å². The number of likely N-dealkylation sites (tertiary alicyclic amines) is 1. The highest BCUT2D eigenvalue weighted by molar-refractivity contribution is 5.85. The zero-order valence-electron chi connectivity index (χ0n) is 10.1. The number of amides is 2. The first-order valence-corrected chi connectivity index (χ1v) is 5.95. The van der Waals surface area contributed by atoms with E-state index in [2.05, 4.69) is 5.32 Å². The summed E-state index contributed by atoms with van der Waals surface area (Å²) in [5.74, 6) is 0.688. The predicted octanol–water partition coefficient (Wildman–Crippen LogP) is 1.16. The van der Waals surface area contributed by atoms with Crippen LogP contribution in [0.4, 0.5) is 4.79 Å². The molecule has 0 aromatic rings. The summed E-state index contributed by atoms with van der Waals surface area (Å²) in [6.07, 6.45) is 2.35. The molecule has 2 atom stereocenters. The number of rotatable bonds is 1. The molecule has 0 aromatic carbocycles. The van der Waals surface area contributed by atoms with Crippen molar-refractivity contribution < 1.29 is 4.79 Å². The molecule has 2 aliphatic heterocycles. The van der Waals surface area contributed by atoms with Gasteiger partial charge in [0.05, 0.1) is 0 Å². The van der Waals surface area contributed by atoms with Gasteiger partial charge in [0, 0.05) is 32.7 Å². The summed E-state index contributed by atoms with van der Waals surface area (Å²) < 4.78 is 0. The lowest BCUT2D eigenvalue weighted by Crippen LogP contribution is -2.50. The first kappa shape index (κ1) is 13.6. The Morgan fingerprint density at radius 2 is 2.25 bits per heavy atom. The van der Waals surface area contributed by atoms with Gasteiger partial charge in [-0.1, -0.05) is 0 Å². The minimum Gasteiger partial charge on any atom is -0.328 e. The quantitative estimate of drug-likeness (QED) is 0.755. The maximum Gasteiger partial charge on any atom is 0.319 e. The summed E-state index contributed by atoms with van der Waals surface area (Å²) in [4.78, 5) is 15.8. The van der Waals surface area contributed by atoms with Crippen molar-refractivity contribution in [2.45, 2.75) is 25.8 Å². The molecule has 0 radical (unpaired) electrons. The molecule has 0 aromatic heterocycles. The van der Waals surface area contributed by atoms with Crippen molar-refractivity contribution >= 4 is 18.4 Å². The number of piperidine rings is 1. The summed E-state index contributed by atoms with van der Waals surface area (Å²) in [5.41, 5.74) is 0. The smallest absolute Gasteiger partial charge is 0.319 e. The Morgan fingerprint density at radius 3 is 2.94 bits per heavy atom. The molecule has 0 saturated carbocycles. The lowest BCUT2D eigenvalue weighted by atomic mass is 9.93. The molecule has 2 fully saturated rings. The topological polar surface area (TPSA) is 35.6 Å². The van der Waals surface area contributed by atoms with Gasteiger partial charge >= 0.3 is 6.03 Å². The third-order valence-corrected chi connectivity index (χ3v) is 3.73. The maximum atomic E-state index is 11.9. The molecular weight excluding hydrogens is 226 g/mol. The number of hydrogen-bond donors (Lipinski definition) is 1. The minimum atomic E-state index is 0. The molecule has 5 heteroatoms. The van der Waals surface area contributed by atoms with Crippen LogP contribution in [0.15, 0.2) is 0 Å². The monoisotopic (exact) mass is 247 g/mol. The van der Waals surface area contributed by atoms with Gasteiger partial charge in [-0.15, -0.1) is 12.4 Å². The fraction of sp³-hybridized carbons (Fsp3) is 0.909. The lowest BCUT2D eigenvalue weighted by molar-refractivity contribution is 0.133. The Morgan fingerprint density at radius 1 is 1.50 bits per heavy atom. The largest absolute Gasteiger partial charge is 0.328 e. The van der Waals surface area contributed by atoms with E-state index in [4.69, 9.17) is 0 Å². The van der Waals surface area contributed by atoms with Crippen LogP contribution in [0.25, 0.3) is 0 Å². The first-order valence-electron chi connectivity index (χ1n) is 5.95. The molecule has 4 nitrogen and oxygen atoms in total. The van der Waals surface area contributed by atoms with Crippen molar-refractivity contribution in [3.63, 3.8) is 0 Å². The van der Waals surface area contributed by atoms with Gasteiger partial charge in [0.2, 0.25) is 0 Å². The van der Waals surface area contributed by atoms with Gasteiger partial charge in [0.25, 0.3) is 0 Å². The highest BCUT2D eigenvalue weighted by Crippen LogP contribution is 2.24. The predicted molar refractivity (Wildman–Crippen MR) is 67.0 cm³/mol. The van der Waals surface area contributed by atoms with Gasteiger partial charge < -0.3 is 15.1 Å². The Hall–Kier alpha value is -0.480. The van der Waals surface area contributed by atoms with E-state index in [1.165, 1.54) is 6.42 Å². The van der Waals surface area contributed by atoms with Crippen molar-refractivity contribution in [2.75, 3.05) is 33.2 Å². The number of carbonyl (C=O) groups excluding carboxylic acids is 1. The second kappa shape index (κ2) is 5.73. The van der Waals surface area contributed by atoms with Gasteiger partial charge in [-0.05, 0) is 32.2 Å². The third kappa shape index (κ3) is 2.61.